The summed E-state index contributed by atoms with van der Waals surface area (Å²) in [5.41, 5.74) is 2.03. The lowest BCUT2D eigenvalue weighted by atomic mass is 10.1. The smallest absolute Gasteiger partial charge is 0.282 e. The fourth-order valence-corrected chi connectivity index (χ4v) is 5.48. The normalized spacial score (nSPS) is 13.2. The fraction of sp³-hybridized carbons (Fsp3) is 0.276. The maximum Gasteiger partial charge on any atom is 0.282 e. The molecule has 0 saturated carbocycles. The van der Waals surface area contributed by atoms with Gasteiger partial charge in [-0.1, -0.05) is 35.8 Å². The highest BCUT2D eigenvalue weighted by Gasteiger charge is 2.20. The van der Waals surface area contributed by atoms with Crippen LogP contribution in [0, 0.1) is 0 Å². The lowest BCUT2D eigenvalue weighted by molar-refractivity contribution is 0.174. The van der Waals surface area contributed by atoms with E-state index in [0.29, 0.717) is 61.7 Å². The van der Waals surface area contributed by atoms with Gasteiger partial charge in [0.2, 0.25) is 6.79 Å². The number of rotatable bonds is 9. The molecular formula is C29H26Br3N3O5. The van der Waals surface area contributed by atoms with Crippen LogP contribution in [0.4, 0.5) is 0 Å². The maximum atomic E-state index is 13.5. The molecule has 3 aromatic carbocycles. The molecule has 5 rings (SSSR count). The molecule has 1 aliphatic heterocycles. The van der Waals surface area contributed by atoms with Crippen LogP contribution < -0.4 is 24.5 Å². The van der Waals surface area contributed by atoms with Gasteiger partial charge >= 0.3 is 0 Å². The Hall–Kier alpha value is -2.89. The number of hydrogen-bond acceptors (Lipinski definition) is 7. The van der Waals surface area contributed by atoms with E-state index in [9.17, 15) is 4.79 Å². The third-order valence-electron chi connectivity index (χ3n) is 6.47. The van der Waals surface area contributed by atoms with E-state index in [-0.39, 0.29) is 18.3 Å². The van der Waals surface area contributed by atoms with Gasteiger partial charge in [0.05, 0.1) is 28.2 Å². The summed E-state index contributed by atoms with van der Waals surface area (Å²) >= 11 is 10.8. The van der Waals surface area contributed by atoms with Gasteiger partial charge in [-0.3, -0.25) is 4.79 Å². The molecule has 1 atom stereocenters. The second-order valence-corrected chi connectivity index (χ2v) is 11.6. The minimum Gasteiger partial charge on any atom is -0.490 e. The number of halogens is 3. The highest BCUT2D eigenvalue weighted by Crippen LogP contribution is 2.43. The predicted octanol–water partition coefficient (Wildman–Crippen LogP) is 7.79. The molecule has 4 aromatic rings. The van der Waals surface area contributed by atoms with Crippen LogP contribution in [-0.2, 0) is 6.61 Å². The van der Waals surface area contributed by atoms with Gasteiger partial charge in [-0.25, -0.2) is 4.98 Å². The minimum absolute atomic E-state index is 0.0269. The van der Waals surface area contributed by atoms with Gasteiger partial charge in [-0.15, -0.1) is 0 Å². The van der Waals surface area contributed by atoms with E-state index in [4.69, 9.17) is 23.9 Å². The van der Waals surface area contributed by atoms with Gasteiger partial charge < -0.3 is 18.9 Å². The van der Waals surface area contributed by atoms with E-state index in [2.05, 4.69) is 59.8 Å². The molecule has 8 nitrogen and oxygen atoms in total. The van der Waals surface area contributed by atoms with Gasteiger partial charge in [-0.05, 0) is 87.2 Å². The summed E-state index contributed by atoms with van der Waals surface area (Å²) in [6.07, 6.45) is 2.43. The van der Waals surface area contributed by atoms with Crippen molar-refractivity contribution in [2.75, 3.05) is 13.4 Å². The largest absolute Gasteiger partial charge is 0.490 e. The van der Waals surface area contributed by atoms with Crippen molar-refractivity contribution in [2.24, 2.45) is 5.10 Å². The zero-order chi connectivity index (χ0) is 28.4. The Bertz CT molecular complexity index is 1670. The molecule has 0 spiro atoms. The third kappa shape index (κ3) is 5.77. The fourth-order valence-electron chi connectivity index (χ4n) is 4.18. The summed E-state index contributed by atoms with van der Waals surface area (Å²) in [6.45, 7) is 6.94. The van der Waals surface area contributed by atoms with Crippen molar-refractivity contribution < 1.29 is 18.9 Å². The van der Waals surface area contributed by atoms with E-state index in [1.807, 2.05) is 50.2 Å². The zero-order valence-corrected chi connectivity index (χ0v) is 26.8. The van der Waals surface area contributed by atoms with Crippen molar-refractivity contribution in [3.8, 4) is 23.0 Å². The quantitative estimate of drug-likeness (QED) is 0.163. The van der Waals surface area contributed by atoms with Crippen LogP contribution in [0.5, 0.6) is 23.0 Å². The second-order valence-electron chi connectivity index (χ2n) is 9.13. The van der Waals surface area contributed by atoms with E-state index < -0.39 is 0 Å². The molecule has 0 unspecified atom stereocenters. The predicted molar refractivity (Wildman–Crippen MR) is 165 cm³/mol. The number of nitrogens with zero attached hydrogens (tertiary/aromatic N) is 3. The molecule has 0 bridgehead atoms. The van der Waals surface area contributed by atoms with Gasteiger partial charge in [0.15, 0.2) is 23.0 Å². The lowest BCUT2D eigenvalue weighted by Crippen LogP contribution is -2.23. The second kappa shape index (κ2) is 12.3. The Labute approximate surface area is 256 Å². The van der Waals surface area contributed by atoms with Crippen LogP contribution in [0.1, 0.15) is 50.1 Å². The number of ether oxygens (including phenoxy) is 4. The lowest BCUT2D eigenvalue weighted by Gasteiger charge is -2.17. The van der Waals surface area contributed by atoms with Crippen molar-refractivity contribution in [1.29, 1.82) is 0 Å². The molecule has 1 aromatic heterocycles. The summed E-state index contributed by atoms with van der Waals surface area (Å²) in [7, 11) is 0. The molecule has 0 saturated heterocycles. The monoisotopic (exact) mass is 733 g/mol. The van der Waals surface area contributed by atoms with Crippen LogP contribution in [0.3, 0.4) is 0 Å². The molecule has 40 heavy (non-hydrogen) atoms. The molecule has 208 valence electrons. The first-order chi connectivity index (χ1) is 19.3. The third-order valence-corrected chi connectivity index (χ3v) is 9.11. The van der Waals surface area contributed by atoms with Crippen molar-refractivity contribution in [3.05, 3.63) is 83.2 Å². The molecule has 0 aliphatic carbocycles. The molecule has 2 heterocycles. The number of hydrogen-bond donors (Lipinski definition) is 0. The van der Waals surface area contributed by atoms with E-state index in [1.54, 1.807) is 12.3 Å². The summed E-state index contributed by atoms with van der Waals surface area (Å²) in [5, 5.41) is 5.10. The highest BCUT2D eigenvalue weighted by atomic mass is 79.9. The topological polar surface area (TPSA) is 84.2 Å². The Morgan fingerprint density at radius 3 is 2.62 bits per heavy atom. The van der Waals surface area contributed by atoms with Crippen LogP contribution in [0.15, 0.2) is 65.8 Å². The van der Waals surface area contributed by atoms with Crippen molar-refractivity contribution in [1.82, 2.24) is 9.66 Å². The molecule has 11 heteroatoms. The Balaban J connectivity index is 1.51. The number of fused-ring (bicyclic) bond motifs is 2. The standard InChI is InChI=1S/C29H26Br3N3O5/c1-4-16(3)28-34-21-8-7-19(30)12-20(21)29(36)35(28)33-13-18-11-24(37-5-2)27(26(32)25(18)31)38-14-17-6-9-22-23(10-17)40-15-39-22/h6-13,16H,4-5,14-15H2,1-3H3/t16-/m0/s1. The van der Waals surface area contributed by atoms with Gasteiger partial charge in [0.1, 0.15) is 12.4 Å². The van der Waals surface area contributed by atoms with E-state index in [0.717, 1.165) is 22.2 Å². The Morgan fingerprint density at radius 2 is 1.85 bits per heavy atom. The number of benzene rings is 3. The Morgan fingerprint density at radius 1 is 1.05 bits per heavy atom. The zero-order valence-electron chi connectivity index (χ0n) is 22.0. The molecular weight excluding hydrogens is 710 g/mol. The Kier molecular flexibility index (Phi) is 8.82. The first kappa shape index (κ1) is 28.6. The van der Waals surface area contributed by atoms with Gasteiger partial charge in [-0.2, -0.15) is 9.78 Å². The van der Waals surface area contributed by atoms with Crippen LogP contribution in [0.2, 0.25) is 0 Å². The summed E-state index contributed by atoms with van der Waals surface area (Å²) < 4.78 is 26.6. The van der Waals surface area contributed by atoms with Crippen molar-refractivity contribution in [2.45, 2.75) is 39.7 Å². The molecule has 0 fully saturated rings. The average Bonchev–Trinajstić information content (AvgIpc) is 3.42. The molecule has 0 amide bonds. The molecule has 1 aliphatic rings. The van der Waals surface area contributed by atoms with Crippen molar-refractivity contribution >= 4 is 64.9 Å². The summed E-state index contributed by atoms with van der Waals surface area (Å²) in [6, 6.07) is 13.0. The van der Waals surface area contributed by atoms with Crippen LogP contribution in [0.25, 0.3) is 10.9 Å². The van der Waals surface area contributed by atoms with Gasteiger partial charge in [0.25, 0.3) is 5.56 Å². The van der Waals surface area contributed by atoms with E-state index in [1.165, 1.54) is 4.68 Å². The van der Waals surface area contributed by atoms with Crippen molar-refractivity contribution in [3.63, 3.8) is 0 Å². The van der Waals surface area contributed by atoms with Gasteiger partial charge in [0, 0.05) is 20.4 Å². The summed E-state index contributed by atoms with van der Waals surface area (Å²) in [5.74, 6) is 3.12. The SMILES string of the molecule is CCOc1cc(C=Nn2c([C@@H](C)CC)nc3ccc(Br)cc3c2=O)c(Br)c(Br)c1OCc1ccc2c(c1)OCO2. The van der Waals surface area contributed by atoms with E-state index >= 15 is 0 Å². The summed E-state index contributed by atoms with van der Waals surface area (Å²) in [4.78, 5) is 18.3. The highest BCUT2D eigenvalue weighted by molar-refractivity contribution is 9.13. The average molecular weight is 736 g/mol. The molecule has 0 N–H and O–H groups in total. The number of aromatic nitrogens is 2. The first-order valence-corrected chi connectivity index (χ1v) is 15.1. The maximum absolute atomic E-state index is 13.5. The molecule has 0 radical (unpaired) electrons. The minimum atomic E-state index is -0.234. The van der Waals surface area contributed by atoms with Crippen LogP contribution in [-0.4, -0.2) is 29.3 Å². The van der Waals surface area contributed by atoms with Crippen LogP contribution >= 0.6 is 47.8 Å². The first-order valence-electron chi connectivity index (χ1n) is 12.7.